The van der Waals surface area contributed by atoms with Crippen LogP contribution in [0.5, 0.6) is 0 Å². The van der Waals surface area contributed by atoms with Crippen molar-refractivity contribution in [3.8, 4) is 11.4 Å². The van der Waals surface area contributed by atoms with Crippen molar-refractivity contribution >= 4 is 32.9 Å². The molecule has 0 unspecified atom stereocenters. The molecule has 0 fully saturated rings. The highest BCUT2D eigenvalue weighted by atomic mass is 79.9. The summed E-state index contributed by atoms with van der Waals surface area (Å²) >= 11 is 3.46. The minimum Gasteiger partial charge on any atom is -0.355 e. The SMILES string of the molecule is CCCCNC(=O)Cn1c(-c2ccc(Br)cc2)nc2ccccc21. The highest BCUT2D eigenvalue weighted by Gasteiger charge is 2.14. The summed E-state index contributed by atoms with van der Waals surface area (Å²) in [4.78, 5) is 17.0. The molecule has 1 heterocycles. The van der Waals surface area contributed by atoms with E-state index < -0.39 is 0 Å². The number of halogens is 1. The molecular weight excluding hydrogens is 366 g/mol. The van der Waals surface area contributed by atoms with Crippen molar-refractivity contribution in [2.45, 2.75) is 26.3 Å². The molecule has 0 bridgehead atoms. The summed E-state index contributed by atoms with van der Waals surface area (Å²) in [7, 11) is 0. The minimum absolute atomic E-state index is 0.0185. The van der Waals surface area contributed by atoms with Crippen LogP contribution >= 0.6 is 15.9 Å². The Kier molecular flexibility index (Phi) is 5.30. The number of hydrogen-bond donors (Lipinski definition) is 1. The molecule has 1 N–H and O–H groups in total. The van der Waals surface area contributed by atoms with Crippen molar-refractivity contribution in [1.29, 1.82) is 0 Å². The number of hydrogen-bond acceptors (Lipinski definition) is 2. The van der Waals surface area contributed by atoms with E-state index in [4.69, 9.17) is 4.98 Å². The third-order valence-electron chi connectivity index (χ3n) is 3.91. The predicted octanol–water partition coefficient (Wildman–Crippen LogP) is 4.38. The molecule has 24 heavy (non-hydrogen) atoms. The molecule has 0 atom stereocenters. The van der Waals surface area contributed by atoms with Gasteiger partial charge in [0, 0.05) is 16.6 Å². The number of imidazole rings is 1. The Balaban J connectivity index is 1.96. The van der Waals surface area contributed by atoms with E-state index in [9.17, 15) is 4.79 Å². The van der Waals surface area contributed by atoms with Crippen LogP contribution in [0.3, 0.4) is 0 Å². The molecule has 5 heteroatoms. The summed E-state index contributed by atoms with van der Waals surface area (Å²) in [5.41, 5.74) is 2.87. The highest BCUT2D eigenvalue weighted by molar-refractivity contribution is 9.10. The van der Waals surface area contributed by atoms with Gasteiger partial charge < -0.3 is 9.88 Å². The van der Waals surface area contributed by atoms with Gasteiger partial charge in [0.1, 0.15) is 12.4 Å². The number of amides is 1. The number of para-hydroxylation sites is 2. The van der Waals surface area contributed by atoms with Crippen LogP contribution in [-0.4, -0.2) is 22.0 Å². The fraction of sp³-hybridized carbons (Fsp3) is 0.263. The fourth-order valence-electron chi connectivity index (χ4n) is 2.66. The van der Waals surface area contributed by atoms with Gasteiger partial charge in [-0.05, 0) is 30.7 Å². The standard InChI is InChI=1S/C19H20BrN3O/c1-2-3-12-21-18(24)13-23-17-7-5-4-6-16(17)22-19(23)14-8-10-15(20)11-9-14/h4-11H,2-3,12-13H2,1H3,(H,21,24). The predicted molar refractivity (Wildman–Crippen MR) is 101 cm³/mol. The van der Waals surface area contributed by atoms with E-state index >= 15 is 0 Å². The maximum Gasteiger partial charge on any atom is 0.240 e. The molecule has 0 saturated heterocycles. The monoisotopic (exact) mass is 385 g/mol. The summed E-state index contributed by atoms with van der Waals surface area (Å²) in [5.74, 6) is 0.833. The first-order valence-electron chi connectivity index (χ1n) is 8.17. The zero-order chi connectivity index (χ0) is 16.9. The van der Waals surface area contributed by atoms with E-state index in [1.165, 1.54) is 0 Å². The topological polar surface area (TPSA) is 46.9 Å². The van der Waals surface area contributed by atoms with Crippen LogP contribution in [0.1, 0.15) is 19.8 Å². The molecule has 0 saturated carbocycles. The first kappa shape index (κ1) is 16.7. The van der Waals surface area contributed by atoms with Crippen LogP contribution in [0.2, 0.25) is 0 Å². The van der Waals surface area contributed by atoms with Gasteiger partial charge in [0.25, 0.3) is 0 Å². The Morgan fingerprint density at radius 1 is 1.17 bits per heavy atom. The maximum absolute atomic E-state index is 12.3. The lowest BCUT2D eigenvalue weighted by molar-refractivity contribution is -0.121. The molecule has 3 aromatic rings. The van der Waals surface area contributed by atoms with Crippen LogP contribution in [0, 0.1) is 0 Å². The fourth-order valence-corrected chi connectivity index (χ4v) is 2.92. The van der Waals surface area contributed by atoms with Gasteiger partial charge in [-0.25, -0.2) is 4.98 Å². The first-order chi connectivity index (χ1) is 11.7. The van der Waals surface area contributed by atoms with Gasteiger partial charge in [0.05, 0.1) is 11.0 Å². The number of aromatic nitrogens is 2. The highest BCUT2D eigenvalue weighted by Crippen LogP contribution is 2.26. The van der Waals surface area contributed by atoms with Crippen LogP contribution in [0.4, 0.5) is 0 Å². The number of fused-ring (bicyclic) bond motifs is 1. The molecule has 1 aromatic heterocycles. The lowest BCUT2D eigenvalue weighted by Gasteiger charge is -2.10. The Labute approximate surface area is 150 Å². The van der Waals surface area contributed by atoms with Crippen molar-refractivity contribution in [2.24, 2.45) is 0 Å². The zero-order valence-corrected chi connectivity index (χ0v) is 15.2. The van der Waals surface area contributed by atoms with E-state index in [1.54, 1.807) is 0 Å². The molecule has 0 aliphatic rings. The lowest BCUT2D eigenvalue weighted by atomic mass is 10.2. The second-order valence-electron chi connectivity index (χ2n) is 5.72. The molecule has 1 amide bonds. The Morgan fingerprint density at radius 3 is 2.67 bits per heavy atom. The average Bonchev–Trinajstić information content (AvgIpc) is 2.94. The number of benzene rings is 2. The van der Waals surface area contributed by atoms with Gasteiger partial charge in [0.15, 0.2) is 0 Å². The van der Waals surface area contributed by atoms with Crippen LogP contribution in [-0.2, 0) is 11.3 Å². The summed E-state index contributed by atoms with van der Waals surface area (Å²) in [6.07, 6.45) is 2.06. The minimum atomic E-state index is 0.0185. The number of rotatable bonds is 6. The Bertz CT molecular complexity index is 839. The van der Waals surface area contributed by atoms with Gasteiger partial charge in [-0.2, -0.15) is 0 Å². The largest absolute Gasteiger partial charge is 0.355 e. The quantitative estimate of drug-likeness (QED) is 0.639. The summed E-state index contributed by atoms with van der Waals surface area (Å²) in [6.45, 7) is 3.10. The van der Waals surface area contributed by atoms with E-state index in [1.807, 2.05) is 53.1 Å². The molecule has 4 nitrogen and oxygen atoms in total. The number of carbonyl (C=O) groups excluding carboxylic acids is 1. The summed E-state index contributed by atoms with van der Waals surface area (Å²) in [6, 6.07) is 15.9. The van der Waals surface area contributed by atoms with Crippen molar-refractivity contribution < 1.29 is 4.79 Å². The van der Waals surface area contributed by atoms with Crippen molar-refractivity contribution in [2.75, 3.05) is 6.54 Å². The molecule has 0 radical (unpaired) electrons. The van der Waals surface area contributed by atoms with Crippen LogP contribution in [0.15, 0.2) is 53.0 Å². The molecule has 3 rings (SSSR count). The van der Waals surface area contributed by atoms with Gasteiger partial charge >= 0.3 is 0 Å². The van der Waals surface area contributed by atoms with E-state index in [0.29, 0.717) is 0 Å². The van der Waals surface area contributed by atoms with Gasteiger partial charge in [-0.3, -0.25) is 4.79 Å². The van der Waals surface area contributed by atoms with Gasteiger partial charge in [-0.15, -0.1) is 0 Å². The van der Waals surface area contributed by atoms with Crippen molar-refractivity contribution in [1.82, 2.24) is 14.9 Å². The van der Waals surface area contributed by atoms with Crippen molar-refractivity contribution in [3.05, 3.63) is 53.0 Å². The van der Waals surface area contributed by atoms with Crippen LogP contribution in [0.25, 0.3) is 22.4 Å². The lowest BCUT2D eigenvalue weighted by Crippen LogP contribution is -2.28. The van der Waals surface area contributed by atoms with E-state index in [0.717, 1.165) is 46.3 Å². The van der Waals surface area contributed by atoms with Crippen LogP contribution < -0.4 is 5.32 Å². The zero-order valence-electron chi connectivity index (χ0n) is 13.6. The third kappa shape index (κ3) is 3.67. The normalized spacial score (nSPS) is 10.9. The molecule has 0 aliphatic carbocycles. The Hall–Kier alpha value is -2.14. The summed E-state index contributed by atoms with van der Waals surface area (Å²) < 4.78 is 3.01. The smallest absolute Gasteiger partial charge is 0.240 e. The number of carbonyl (C=O) groups is 1. The van der Waals surface area contributed by atoms with E-state index in [2.05, 4.69) is 28.2 Å². The molecule has 0 spiro atoms. The molecule has 124 valence electrons. The molecule has 0 aliphatic heterocycles. The second-order valence-corrected chi connectivity index (χ2v) is 6.64. The second kappa shape index (κ2) is 7.62. The molecular formula is C19H20BrN3O. The number of nitrogens with one attached hydrogen (secondary N) is 1. The average molecular weight is 386 g/mol. The van der Waals surface area contributed by atoms with Gasteiger partial charge in [0.2, 0.25) is 5.91 Å². The number of nitrogens with zero attached hydrogens (tertiary/aromatic N) is 2. The van der Waals surface area contributed by atoms with Crippen molar-refractivity contribution in [3.63, 3.8) is 0 Å². The summed E-state index contributed by atoms with van der Waals surface area (Å²) in [5, 5.41) is 2.98. The van der Waals surface area contributed by atoms with Gasteiger partial charge in [-0.1, -0.05) is 53.5 Å². The third-order valence-corrected chi connectivity index (χ3v) is 4.44. The van der Waals surface area contributed by atoms with E-state index in [-0.39, 0.29) is 12.5 Å². The Morgan fingerprint density at radius 2 is 1.92 bits per heavy atom. The first-order valence-corrected chi connectivity index (χ1v) is 8.96. The maximum atomic E-state index is 12.3. The molecule has 2 aromatic carbocycles. The number of unbranched alkanes of at least 4 members (excludes halogenated alkanes) is 1.